The van der Waals surface area contributed by atoms with Gasteiger partial charge in [0, 0.05) is 12.1 Å². The highest BCUT2D eigenvalue weighted by Crippen LogP contribution is 2.47. The first kappa shape index (κ1) is 11.9. The number of nitrogens with two attached hydrogens (primary N) is 1. The van der Waals surface area contributed by atoms with Crippen LogP contribution in [0, 0.1) is 17.8 Å². The molecule has 2 aliphatic carbocycles. The van der Waals surface area contributed by atoms with Gasteiger partial charge in [0.05, 0.1) is 5.92 Å². The maximum Gasteiger partial charge on any atom is 0.225 e. The van der Waals surface area contributed by atoms with Crippen LogP contribution in [-0.4, -0.2) is 18.0 Å². The molecule has 92 valence electrons. The van der Waals surface area contributed by atoms with Gasteiger partial charge in [0.25, 0.3) is 0 Å². The zero-order valence-electron chi connectivity index (χ0n) is 10.4. The minimum atomic E-state index is 0.0954. The molecule has 2 rings (SSSR count). The quantitative estimate of drug-likeness (QED) is 0.763. The van der Waals surface area contributed by atoms with Gasteiger partial charge in [-0.1, -0.05) is 13.3 Å². The highest BCUT2D eigenvalue weighted by molar-refractivity contribution is 5.80. The van der Waals surface area contributed by atoms with Gasteiger partial charge >= 0.3 is 0 Å². The van der Waals surface area contributed by atoms with Crippen molar-refractivity contribution < 1.29 is 4.79 Å². The summed E-state index contributed by atoms with van der Waals surface area (Å²) in [5, 5.41) is 3.12. The Balaban J connectivity index is 1.90. The van der Waals surface area contributed by atoms with Crippen LogP contribution in [0.15, 0.2) is 0 Å². The van der Waals surface area contributed by atoms with Crippen LogP contribution in [0.25, 0.3) is 0 Å². The number of hydrogen-bond donors (Lipinski definition) is 2. The van der Waals surface area contributed by atoms with E-state index in [-0.39, 0.29) is 17.9 Å². The molecule has 2 aliphatic rings. The van der Waals surface area contributed by atoms with E-state index in [1.807, 2.05) is 0 Å². The van der Waals surface area contributed by atoms with Crippen LogP contribution in [0.1, 0.15) is 46.0 Å². The van der Waals surface area contributed by atoms with Crippen LogP contribution in [-0.2, 0) is 4.79 Å². The molecule has 3 nitrogen and oxygen atoms in total. The lowest BCUT2D eigenvalue weighted by atomic mass is 9.84. The summed E-state index contributed by atoms with van der Waals surface area (Å²) in [6.45, 7) is 4.23. The molecule has 0 spiro atoms. The van der Waals surface area contributed by atoms with Crippen molar-refractivity contribution >= 4 is 5.91 Å². The van der Waals surface area contributed by atoms with Gasteiger partial charge < -0.3 is 11.1 Å². The van der Waals surface area contributed by atoms with Gasteiger partial charge in [-0.05, 0) is 44.4 Å². The Bertz CT molecular complexity index is 265. The highest BCUT2D eigenvalue weighted by Gasteiger charge is 2.49. The van der Waals surface area contributed by atoms with E-state index in [2.05, 4.69) is 19.2 Å². The molecule has 0 aromatic heterocycles. The van der Waals surface area contributed by atoms with Gasteiger partial charge in [0.1, 0.15) is 0 Å². The van der Waals surface area contributed by atoms with Gasteiger partial charge in [-0.15, -0.1) is 0 Å². The van der Waals surface area contributed by atoms with Gasteiger partial charge in [0.2, 0.25) is 5.91 Å². The number of carbonyl (C=O) groups is 1. The average molecular weight is 224 g/mol. The topological polar surface area (TPSA) is 55.1 Å². The number of nitrogens with one attached hydrogen (secondary N) is 1. The lowest BCUT2D eigenvalue weighted by Crippen LogP contribution is -2.47. The molecule has 0 aromatic carbocycles. The Kier molecular flexibility index (Phi) is 3.53. The molecule has 1 amide bonds. The Morgan fingerprint density at radius 2 is 2.12 bits per heavy atom. The van der Waals surface area contributed by atoms with Gasteiger partial charge in [-0.2, -0.15) is 0 Å². The fraction of sp³-hybridized carbons (Fsp3) is 0.923. The molecular formula is C13H24N2O. The smallest absolute Gasteiger partial charge is 0.225 e. The van der Waals surface area contributed by atoms with E-state index in [1.54, 1.807) is 0 Å². The molecule has 3 heteroatoms. The first-order chi connectivity index (χ1) is 7.63. The first-order valence-corrected chi connectivity index (χ1v) is 6.69. The normalized spacial score (nSPS) is 38.7. The van der Waals surface area contributed by atoms with Gasteiger partial charge in [-0.3, -0.25) is 4.79 Å². The third kappa shape index (κ3) is 2.10. The molecule has 5 unspecified atom stereocenters. The van der Waals surface area contributed by atoms with Crippen molar-refractivity contribution in [3.63, 3.8) is 0 Å². The summed E-state index contributed by atoms with van der Waals surface area (Å²) in [5.41, 5.74) is 6.15. The predicted octanol–water partition coefficient (Wildman–Crippen LogP) is 1.66. The number of rotatable bonds is 4. The third-order valence-corrected chi connectivity index (χ3v) is 4.39. The zero-order valence-corrected chi connectivity index (χ0v) is 10.4. The van der Waals surface area contributed by atoms with Crippen molar-refractivity contribution in [2.75, 3.05) is 0 Å². The van der Waals surface area contributed by atoms with Crippen LogP contribution in [0.3, 0.4) is 0 Å². The largest absolute Gasteiger partial charge is 0.353 e. The van der Waals surface area contributed by atoms with Crippen molar-refractivity contribution in [3.05, 3.63) is 0 Å². The molecule has 16 heavy (non-hydrogen) atoms. The Morgan fingerprint density at radius 3 is 2.69 bits per heavy atom. The third-order valence-electron chi connectivity index (χ3n) is 4.39. The first-order valence-electron chi connectivity index (χ1n) is 6.69. The molecule has 2 saturated carbocycles. The van der Waals surface area contributed by atoms with Crippen molar-refractivity contribution in [3.8, 4) is 0 Å². The summed E-state index contributed by atoms with van der Waals surface area (Å²) in [7, 11) is 0. The predicted molar refractivity (Wildman–Crippen MR) is 64.8 cm³/mol. The number of fused-ring (bicyclic) bond motifs is 2. The van der Waals surface area contributed by atoms with E-state index in [1.165, 1.54) is 19.3 Å². The van der Waals surface area contributed by atoms with Crippen LogP contribution < -0.4 is 11.1 Å². The Hall–Kier alpha value is -0.570. The highest BCUT2D eigenvalue weighted by atomic mass is 16.2. The second-order valence-corrected chi connectivity index (χ2v) is 5.63. The summed E-state index contributed by atoms with van der Waals surface area (Å²) in [4.78, 5) is 12.1. The van der Waals surface area contributed by atoms with Crippen LogP contribution in [0.4, 0.5) is 0 Å². The van der Waals surface area contributed by atoms with E-state index in [0.717, 1.165) is 12.8 Å². The van der Waals surface area contributed by atoms with Crippen LogP contribution in [0.2, 0.25) is 0 Å². The summed E-state index contributed by atoms with van der Waals surface area (Å²) in [6, 6.07) is 0.413. The van der Waals surface area contributed by atoms with E-state index in [9.17, 15) is 4.79 Å². The minimum Gasteiger partial charge on any atom is -0.353 e. The summed E-state index contributed by atoms with van der Waals surface area (Å²) in [5.74, 6) is 1.48. The van der Waals surface area contributed by atoms with Gasteiger partial charge in [0.15, 0.2) is 0 Å². The number of amides is 1. The molecule has 5 atom stereocenters. The molecule has 3 N–H and O–H groups in total. The second kappa shape index (κ2) is 4.74. The standard InChI is InChI=1S/C13H24N2O/c1-3-4-8(2)15-13(16)11-9-5-6-10(7-9)12(11)14/h8-12H,3-7,14H2,1-2H3,(H,15,16). The lowest BCUT2D eigenvalue weighted by molar-refractivity contribution is -0.127. The van der Waals surface area contributed by atoms with E-state index in [0.29, 0.717) is 17.9 Å². The van der Waals surface area contributed by atoms with Gasteiger partial charge in [-0.25, -0.2) is 0 Å². The molecule has 0 saturated heterocycles. The van der Waals surface area contributed by atoms with Crippen molar-refractivity contribution in [1.29, 1.82) is 0 Å². The molecule has 0 aliphatic heterocycles. The number of carbonyl (C=O) groups excluding carboxylic acids is 1. The lowest BCUT2D eigenvalue weighted by Gasteiger charge is -2.28. The van der Waals surface area contributed by atoms with E-state index < -0.39 is 0 Å². The van der Waals surface area contributed by atoms with Crippen molar-refractivity contribution in [2.24, 2.45) is 23.5 Å². The fourth-order valence-electron chi connectivity index (χ4n) is 3.57. The van der Waals surface area contributed by atoms with Crippen molar-refractivity contribution in [1.82, 2.24) is 5.32 Å². The molecular weight excluding hydrogens is 200 g/mol. The number of hydrogen-bond acceptors (Lipinski definition) is 2. The molecule has 2 fully saturated rings. The van der Waals surface area contributed by atoms with E-state index in [4.69, 9.17) is 5.73 Å². The van der Waals surface area contributed by atoms with Crippen molar-refractivity contribution in [2.45, 2.75) is 58.0 Å². The fourth-order valence-corrected chi connectivity index (χ4v) is 3.57. The summed E-state index contributed by atoms with van der Waals surface area (Å²) in [6.07, 6.45) is 5.80. The monoisotopic (exact) mass is 224 g/mol. The van der Waals surface area contributed by atoms with Crippen LogP contribution in [0.5, 0.6) is 0 Å². The SMILES string of the molecule is CCCC(C)NC(=O)C1C2CCC(C2)C1N. The second-order valence-electron chi connectivity index (χ2n) is 5.63. The Morgan fingerprint density at radius 1 is 1.44 bits per heavy atom. The molecule has 0 aromatic rings. The maximum atomic E-state index is 12.1. The maximum absolute atomic E-state index is 12.1. The minimum absolute atomic E-state index is 0.0954. The summed E-state index contributed by atoms with van der Waals surface area (Å²) < 4.78 is 0. The van der Waals surface area contributed by atoms with Crippen LogP contribution >= 0.6 is 0 Å². The zero-order chi connectivity index (χ0) is 11.7. The average Bonchev–Trinajstić information content (AvgIpc) is 2.77. The molecule has 2 bridgehead atoms. The summed E-state index contributed by atoms with van der Waals surface area (Å²) >= 11 is 0. The Labute approximate surface area is 98.2 Å². The molecule has 0 heterocycles. The van der Waals surface area contributed by atoms with E-state index >= 15 is 0 Å². The molecule has 0 radical (unpaired) electrons.